The lowest BCUT2D eigenvalue weighted by atomic mass is 10.1. The van der Waals surface area contributed by atoms with Crippen LogP contribution in [0.3, 0.4) is 0 Å². The highest BCUT2D eigenvalue weighted by Crippen LogP contribution is 2.28. The first kappa shape index (κ1) is 13.4. The van der Waals surface area contributed by atoms with E-state index < -0.39 is 11.7 Å². The molecule has 0 aliphatic heterocycles. The van der Waals surface area contributed by atoms with Crippen LogP contribution in [0.15, 0.2) is 30.5 Å². The Balaban J connectivity index is 2.81. The normalized spacial score (nSPS) is 11.3. The Bertz CT molecular complexity index is 420. The third-order valence-electron chi connectivity index (χ3n) is 2.29. The number of hydrogen-bond donors (Lipinski definition) is 0. The summed E-state index contributed by atoms with van der Waals surface area (Å²) in [4.78, 5) is 15.1. The van der Waals surface area contributed by atoms with Crippen LogP contribution in [0.4, 0.5) is 13.2 Å². The number of rotatable bonds is 4. The molecule has 0 spiro atoms. The molecule has 0 atom stereocenters. The molecule has 0 fully saturated rings. The topological polar surface area (TPSA) is 30.0 Å². The molecule has 0 saturated heterocycles. The second kappa shape index (κ2) is 5.12. The van der Waals surface area contributed by atoms with Gasteiger partial charge in [0.15, 0.2) is 5.78 Å². The standard InChI is InChI=1S/C12H12F3NO/c1-3-8(2)6-11(17)10-5-4-9(7-16-10)12(13,14)15/h4-5,7H,2-3,6H2,1H3. The lowest BCUT2D eigenvalue weighted by molar-refractivity contribution is -0.137. The number of pyridine rings is 1. The van der Waals surface area contributed by atoms with Crippen molar-refractivity contribution >= 4 is 5.78 Å². The molecule has 0 saturated carbocycles. The van der Waals surface area contributed by atoms with Crippen molar-refractivity contribution in [1.82, 2.24) is 4.98 Å². The van der Waals surface area contributed by atoms with Gasteiger partial charge in [0.05, 0.1) is 5.56 Å². The molecule has 0 bridgehead atoms. The van der Waals surface area contributed by atoms with Crippen LogP contribution in [-0.2, 0) is 6.18 Å². The first-order valence-electron chi connectivity index (χ1n) is 5.07. The molecule has 1 aromatic rings. The number of carbonyl (C=O) groups is 1. The van der Waals surface area contributed by atoms with E-state index in [4.69, 9.17) is 0 Å². The van der Waals surface area contributed by atoms with Crippen molar-refractivity contribution in [3.05, 3.63) is 41.7 Å². The Labute approximate surface area is 97.2 Å². The number of Topliss-reactive ketones (excluding diaryl/α,β-unsaturated/α-hetero) is 1. The number of ketones is 1. The first-order chi connectivity index (χ1) is 7.84. The molecule has 0 aromatic carbocycles. The van der Waals surface area contributed by atoms with Crippen LogP contribution >= 0.6 is 0 Å². The molecule has 17 heavy (non-hydrogen) atoms. The highest BCUT2D eigenvalue weighted by molar-refractivity contribution is 5.95. The van der Waals surface area contributed by atoms with Crippen LogP contribution in [0.5, 0.6) is 0 Å². The molecule has 0 N–H and O–H groups in total. The minimum Gasteiger partial charge on any atom is -0.292 e. The van der Waals surface area contributed by atoms with Crippen LogP contribution in [0, 0.1) is 0 Å². The summed E-state index contributed by atoms with van der Waals surface area (Å²) in [7, 11) is 0. The van der Waals surface area contributed by atoms with Crippen molar-refractivity contribution < 1.29 is 18.0 Å². The highest BCUT2D eigenvalue weighted by atomic mass is 19.4. The second-order valence-corrected chi connectivity index (χ2v) is 3.63. The molecule has 92 valence electrons. The minimum atomic E-state index is -4.43. The zero-order valence-electron chi connectivity index (χ0n) is 9.34. The van der Waals surface area contributed by atoms with Gasteiger partial charge in [-0.25, -0.2) is 0 Å². The monoisotopic (exact) mass is 243 g/mol. The fraction of sp³-hybridized carbons (Fsp3) is 0.333. The zero-order chi connectivity index (χ0) is 13.1. The molecule has 5 heteroatoms. The van der Waals surface area contributed by atoms with Gasteiger partial charge in [-0.3, -0.25) is 9.78 Å². The summed E-state index contributed by atoms with van der Waals surface area (Å²) in [6.45, 7) is 5.52. The van der Waals surface area contributed by atoms with Crippen molar-refractivity contribution in [3.63, 3.8) is 0 Å². The number of halogens is 3. The van der Waals surface area contributed by atoms with E-state index in [1.807, 2.05) is 6.92 Å². The molecule has 0 aliphatic carbocycles. The van der Waals surface area contributed by atoms with Gasteiger partial charge in [0.25, 0.3) is 0 Å². The third-order valence-corrected chi connectivity index (χ3v) is 2.29. The Kier molecular flexibility index (Phi) is 4.04. The molecule has 1 rings (SSSR count). The summed E-state index contributed by atoms with van der Waals surface area (Å²) in [5, 5.41) is 0. The van der Waals surface area contributed by atoms with E-state index in [0.29, 0.717) is 12.6 Å². The van der Waals surface area contributed by atoms with E-state index >= 15 is 0 Å². The largest absolute Gasteiger partial charge is 0.417 e. The fourth-order valence-electron chi connectivity index (χ4n) is 1.17. The summed E-state index contributed by atoms with van der Waals surface area (Å²) in [6.07, 6.45) is -2.98. The Morgan fingerprint density at radius 1 is 1.41 bits per heavy atom. The van der Waals surface area contributed by atoms with Gasteiger partial charge in [0.1, 0.15) is 5.69 Å². The highest BCUT2D eigenvalue weighted by Gasteiger charge is 2.30. The maximum absolute atomic E-state index is 12.2. The molecule has 0 unspecified atom stereocenters. The van der Waals surface area contributed by atoms with Gasteiger partial charge in [-0.15, -0.1) is 0 Å². The number of hydrogen-bond acceptors (Lipinski definition) is 2. The summed E-state index contributed by atoms with van der Waals surface area (Å²) >= 11 is 0. The van der Waals surface area contributed by atoms with E-state index in [-0.39, 0.29) is 17.9 Å². The van der Waals surface area contributed by atoms with Gasteiger partial charge in [0, 0.05) is 12.6 Å². The van der Waals surface area contributed by atoms with Gasteiger partial charge in [-0.2, -0.15) is 13.2 Å². The van der Waals surface area contributed by atoms with Crippen LogP contribution < -0.4 is 0 Å². The van der Waals surface area contributed by atoms with Crippen molar-refractivity contribution in [2.45, 2.75) is 25.9 Å². The maximum Gasteiger partial charge on any atom is 0.417 e. The second-order valence-electron chi connectivity index (χ2n) is 3.63. The van der Waals surface area contributed by atoms with Crippen molar-refractivity contribution in [1.29, 1.82) is 0 Å². The molecular formula is C12H12F3NO. The smallest absolute Gasteiger partial charge is 0.292 e. The maximum atomic E-state index is 12.2. The molecule has 0 radical (unpaired) electrons. The first-order valence-corrected chi connectivity index (χ1v) is 5.07. The lowest BCUT2D eigenvalue weighted by Crippen LogP contribution is -2.08. The molecule has 0 amide bonds. The predicted octanol–water partition coefficient (Wildman–Crippen LogP) is 3.64. The van der Waals surface area contributed by atoms with Crippen molar-refractivity contribution in [2.24, 2.45) is 0 Å². The average molecular weight is 243 g/mol. The summed E-state index contributed by atoms with van der Waals surface area (Å²) in [6, 6.07) is 1.95. The fourth-order valence-corrected chi connectivity index (χ4v) is 1.17. The molecule has 2 nitrogen and oxygen atoms in total. The number of alkyl halides is 3. The van der Waals surface area contributed by atoms with Crippen LogP contribution in [0.2, 0.25) is 0 Å². The Morgan fingerprint density at radius 2 is 2.06 bits per heavy atom. The molecule has 1 aromatic heterocycles. The van der Waals surface area contributed by atoms with Gasteiger partial charge in [-0.1, -0.05) is 19.1 Å². The number of carbonyl (C=O) groups excluding carboxylic acids is 1. The number of aromatic nitrogens is 1. The number of allylic oxidation sites excluding steroid dienone is 1. The van der Waals surface area contributed by atoms with Gasteiger partial charge >= 0.3 is 6.18 Å². The lowest BCUT2D eigenvalue weighted by Gasteiger charge is -2.06. The third kappa shape index (κ3) is 3.69. The van der Waals surface area contributed by atoms with Gasteiger partial charge in [-0.05, 0) is 18.6 Å². The molecule has 1 heterocycles. The van der Waals surface area contributed by atoms with Crippen molar-refractivity contribution in [3.8, 4) is 0 Å². The Hall–Kier alpha value is -1.65. The van der Waals surface area contributed by atoms with Crippen LogP contribution in [0.25, 0.3) is 0 Å². The van der Waals surface area contributed by atoms with E-state index in [0.717, 1.165) is 17.7 Å². The van der Waals surface area contributed by atoms with E-state index in [2.05, 4.69) is 11.6 Å². The van der Waals surface area contributed by atoms with Crippen molar-refractivity contribution in [2.75, 3.05) is 0 Å². The summed E-state index contributed by atoms with van der Waals surface area (Å²) < 4.78 is 36.7. The summed E-state index contributed by atoms with van der Waals surface area (Å²) in [5.74, 6) is -0.314. The van der Waals surface area contributed by atoms with Crippen LogP contribution in [-0.4, -0.2) is 10.8 Å². The van der Waals surface area contributed by atoms with E-state index in [9.17, 15) is 18.0 Å². The summed E-state index contributed by atoms with van der Waals surface area (Å²) in [5.41, 5.74) is -0.0901. The van der Waals surface area contributed by atoms with Gasteiger partial charge < -0.3 is 0 Å². The molecule has 0 aliphatic rings. The number of nitrogens with zero attached hydrogens (tertiary/aromatic N) is 1. The SMILES string of the molecule is C=C(CC)CC(=O)c1ccc(C(F)(F)F)cn1. The Morgan fingerprint density at radius 3 is 2.47 bits per heavy atom. The average Bonchev–Trinajstić information content (AvgIpc) is 2.27. The van der Waals surface area contributed by atoms with E-state index in [1.165, 1.54) is 0 Å². The quantitative estimate of drug-likeness (QED) is 0.597. The van der Waals surface area contributed by atoms with Crippen LogP contribution in [0.1, 0.15) is 35.8 Å². The zero-order valence-corrected chi connectivity index (χ0v) is 9.34. The molecular weight excluding hydrogens is 231 g/mol. The van der Waals surface area contributed by atoms with E-state index in [1.54, 1.807) is 0 Å². The predicted molar refractivity (Wildman–Crippen MR) is 57.6 cm³/mol. The minimum absolute atomic E-state index is 0.0348. The van der Waals surface area contributed by atoms with Gasteiger partial charge in [0.2, 0.25) is 0 Å².